The molecule has 3 aromatic carbocycles. The molecule has 0 saturated heterocycles. The SMILES string of the molecule is Cc1cccc(C)c1-n1c(-c2ccccc2O)nc2ccccc21. The van der Waals surface area contributed by atoms with Crippen LogP contribution in [-0.4, -0.2) is 14.7 Å². The number of fused-ring (bicyclic) bond motifs is 1. The molecule has 0 unspecified atom stereocenters. The van der Waals surface area contributed by atoms with Crippen molar-refractivity contribution >= 4 is 11.0 Å². The highest BCUT2D eigenvalue weighted by atomic mass is 16.3. The van der Waals surface area contributed by atoms with Gasteiger partial charge in [-0.15, -0.1) is 0 Å². The van der Waals surface area contributed by atoms with E-state index in [1.807, 2.05) is 36.4 Å². The number of rotatable bonds is 2. The van der Waals surface area contributed by atoms with Crippen LogP contribution in [0.4, 0.5) is 0 Å². The summed E-state index contributed by atoms with van der Waals surface area (Å²) in [6.45, 7) is 4.21. The van der Waals surface area contributed by atoms with E-state index in [0.29, 0.717) is 0 Å². The normalized spacial score (nSPS) is 11.1. The number of aromatic nitrogens is 2. The van der Waals surface area contributed by atoms with Crippen molar-refractivity contribution in [1.29, 1.82) is 0 Å². The zero-order chi connectivity index (χ0) is 16.7. The third-order valence-electron chi connectivity index (χ3n) is 4.37. The van der Waals surface area contributed by atoms with Crippen molar-refractivity contribution in [1.82, 2.24) is 9.55 Å². The van der Waals surface area contributed by atoms with Crippen molar-refractivity contribution in [3.8, 4) is 22.8 Å². The monoisotopic (exact) mass is 314 g/mol. The number of benzene rings is 3. The number of aromatic hydroxyl groups is 1. The van der Waals surface area contributed by atoms with Gasteiger partial charge < -0.3 is 5.11 Å². The van der Waals surface area contributed by atoms with Crippen LogP contribution in [-0.2, 0) is 0 Å². The van der Waals surface area contributed by atoms with Crippen LogP contribution in [0.3, 0.4) is 0 Å². The molecular formula is C21H18N2O. The van der Waals surface area contributed by atoms with E-state index in [1.165, 1.54) is 11.1 Å². The third kappa shape index (κ3) is 2.17. The molecule has 0 atom stereocenters. The van der Waals surface area contributed by atoms with Gasteiger partial charge in [-0.2, -0.15) is 0 Å². The van der Waals surface area contributed by atoms with Crippen molar-refractivity contribution in [2.45, 2.75) is 13.8 Å². The Labute approximate surface area is 140 Å². The van der Waals surface area contributed by atoms with E-state index in [1.54, 1.807) is 6.07 Å². The summed E-state index contributed by atoms with van der Waals surface area (Å²) in [6, 6.07) is 21.7. The molecule has 24 heavy (non-hydrogen) atoms. The first-order valence-corrected chi connectivity index (χ1v) is 7.99. The van der Waals surface area contributed by atoms with Gasteiger partial charge in [-0.3, -0.25) is 4.57 Å². The van der Waals surface area contributed by atoms with Gasteiger partial charge in [0, 0.05) is 0 Å². The summed E-state index contributed by atoms with van der Waals surface area (Å²) >= 11 is 0. The number of hydrogen-bond donors (Lipinski definition) is 1. The van der Waals surface area contributed by atoms with Gasteiger partial charge in [0.15, 0.2) is 0 Å². The van der Waals surface area contributed by atoms with E-state index in [4.69, 9.17) is 4.98 Å². The maximum absolute atomic E-state index is 10.3. The second kappa shape index (κ2) is 5.53. The summed E-state index contributed by atoms with van der Waals surface area (Å²) in [4.78, 5) is 4.81. The zero-order valence-corrected chi connectivity index (χ0v) is 13.7. The molecule has 0 aliphatic rings. The maximum Gasteiger partial charge on any atom is 0.149 e. The first-order chi connectivity index (χ1) is 11.7. The molecule has 0 amide bonds. The van der Waals surface area contributed by atoms with Crippen LogP contribution in [0.15, 0.2) is 66.7 Å². The molecule has 4 aromatic rings. The fraction of sp³-hybridized carbons (Fsp3) is 0.0952. The summed E-state index contributed by atoms with van der Waals surface area (Å²) in [5.74, 6) is 0.993. The lowest BCUT2D eigenvalue weighted by Gasteiger charge is -2.15. The Morgan fingerprint density at radius 3 is 2.21 bits per heavy atom. The molecule has 1 aromatic heterocycles. The van der Waals surface area contributed by atoms with Gasteiger partial charge in [-0.05, 0) is 49.2 Å². The Balaban J connectivity index is 2.15. The summed E-state index contributed by atoms with van der Waals surface area (Å²) in [6.07, 6.45) is 0. The Kier molecular flexibility index (Phi) is 3.35. The van der Waals surface area contributed by atoms with Crippen molar-refractivity contribution in [3.05, 3.63) is 77.9 Å². The lowest BCUT2D eigenvalue weighted by atomic mass is 10.1. The Morgan fingerprint density at radius 1 is 0.792 bits per heavy atom. The second-order valence-corrected chi connectivity index (χ2v) is 6.02. The molecule has 1 N–H and O–H groups in total. The zero-order valence-electron chi connectivity index (χ0n) is 13.7. The average molecular weight is 314 g/mol. The van der Waals surface area contributed by atoms with Gasteiger partial charge in [-0.25, -0.2) is 4.98 Å². The van der Waals surface area contributed by atoms with E-state index in [-0.39, 0.29) is 5.75 Å². The van der Waals surface area contributed by atoms with Crippen LogP contribution in [0.2, 0.25) is 0 Å². The molecular weight excluding hydrogens is 296 g/mol. The molecule has 0 fully saturated rings. The molecule has 0 aliphatic carbocycles. The van der Waals surface area contributed by atoms with E-state index >= 15 is 0 Å². The highest BCUT2D eigenvalue weighted by Crippen LogP contribution is 2.35. The first-order valence-electron chi connectivity index (χ1n) is 7.99. The number of aryl methyl sites for hydroxylation is 2. The highest BCUT2D eigenvalue weighted by molar-refractivity contribution is 5.85. The van der Waals surface area contributed by atoms with Crippen molar-refractivity contribution in [3.63, 3.8) is 0 Å². The standard InChI is InChI=1S/C21H18N2O/c1-14-8-7-9-15(2)20(14)23-18-12-5-4-11-17(18)22-21(23)16-10-3-6-13-19(16)24/h3-13,24H,1-2H3. The quantitative estimate of drug-likeness (QED) is 0.564. The van der Waals surface area contributed by atoms with Gasteiger partial charge in [0.05, 0.1) is 22.3 Å². The Hall–Kier alpha value is -3.07. The number of phenols is 1. The molecule has 0 aliphatic heterocycles. The van der Waals surface area contributed by atoms with Crippen molar-refractivity contribution < 1.29 is 5.11 Å². The molecule has 3 heteroatoms. The van der Waals surface area contributed by atoms with Crippen molar-refractivity contribution in [2.75, 3.05) is 0 Å². The van der Waals surface area contributed by atoms with Crippen LogP contribution < -0.4 is 0 Å². The molecule has 118 valence electrons. The summed E-state index contributed by atoms with van der Waals surface area (Å²) < 4.78 is 2.15. The molecule has 1 heterocycles. The predicted molar refractivity (Wildman–Crippen MR) is 97.6 cm³/mol. The van der Waals surface area contributed by atoms with E-state index in [9.17, 15) is 5.11 Å². The van der Waals surface area contributed by atoms with Gasteiger partial charge in [0.2, 0.25) is 0 Å². The van der Waals surface area contributed by atoms with E-state index in [0.717, 1.165) is 28.1 Å². The van der Waals surface area contributed by atoms with Crippen LogP contribution in [0.1, 0.15) is 11.1 Å². The first kappa shape index (κ1) is 14.5. The molecule has 3 nitrogen and oxygen atoms in total. The van der Waals surface area contributed by atoms with Crippen LogP contribution in [0.25, 0.3) is 28.1 Å². The maximum atomic E-state index is 10.3. The number of phenolic OH excluding ortho intramolecular Hbond substituents is 1. The van der Waals surface area contributed by atoms with Crippen LogP contribution >= 0.6 is 0 Å². The molecule has 4 rings (SSSR count). The number of imidazole rings is 1. The average Bonchev–Trinajstić information content (AvgIpc) is 2.94. The lowest BCUT2D eigenvalue weighted by Crippen LogP contribution is -2.02. The van der Waals surface area contributed by atoms with Crippen molar-refractivity contribution in [2.24, 2.45) is 0 Å². The van der Waals surface area contributed by atoms with Gasteiger partial charge in [0.1, 0.15) is 11.6 Å². The third-order valence-corrected chi connectivity index (χ3v) is 4.37. The minimum atomic E-state index is 0.236. The number of para-hydroxylation sites is 4. The highest BCUT2D eigenvalue weighted by Gasteiger charge is 2.18. The summed E-state index contributed by atoms with van der Waals surface area (Å²) in [5, 5.41) is 10.3. The van der Waals surface area contributed by atoms with E-state index in [2.05, 4.69) is 42.7 Å². The predicted octanol–water partition coefficient (Wildman–Crippen LogP) is 5.01. The molecule has 0 bridgehead atoms. The fourth-order valence-electron chi connectivity index (χ4n) is 3.25. The molecule has 0 radical (unpaired) electrons. The Morgan fingerprint density at radius 2 is 1.46 bits per heavy atom. The topological polar surface area (TPSA) is 38.0 Å². The van der Waals surface area contributed by atoms with Gasteiger partial charge in [0.25, 0.3) is 0 Å². The largest absolute Gasteiger partial charge is 0.507 e. The van der Waals surface area contributed by atoms with Crippen LogP contribution in [0, 0.1) is 13.8 Å². The minimum absolute atomic E-state index is 0.236. The summed E-state index contributed by atoms with van der Waals surface area (Å²) in [5.41, 5.74) is 6.15. The second-order valence-electron chi connectivity index (χ2n) is 6.02. The van der Waals surface area contributed by atoms with Crippen LogP contribution in [0.5, 0.6) is 5.75 Å². The van der Waals surface area contributed by atoms with Gasteiger partial charge >= 0.3 is 0 Å². The lowest BCUT2D eigenvalue weighted by molar-refractivity contribution is 0.477. The Bertz CT molecular complexity index is 1030. The van der Waals surface area contributed by atoms with E-state index < -0.39 is 0 Å². The minimum Gasteiger partial charge on any atom is -0.507 e. The fourth-order valence-corrected chi connectivity index (χ4v) is 3.25. The smallest absolute Gasteiger partial charge is 0.149 e. The molecule has 0 saturated carbocycles. The van der Waals surface area contributed by atoms with Gasteiger partial charge in [-0.1, -0.05) is 42.5 Å². The molecule has 0 spiro atoms. The summed E-state index contributed by atoms with van der Waals surface area (Å²) in [7, 11) is 0. The number of nitrogens with zero attached hydrogens (tertiary/aromatic N) is 2. The number of hydrogen-bond acceptors (Lipinski definition) is 2.